The molecule has 0 bridgehead atoms. The number of fused-ring (bicyclic) bond motifs is 3. The zero-order valence-electron chi connectivity index (χ0n) is 16.1. The number of ether oxygens (including phenoxy) is 1. The molecular formula is C22H23N3O3. The van der Waals surface area contributed by atoms with Gasteiger partial charge in [-0.15, -0.1) is 0 Å². The van der Waals surface area contributed by atoms with Gasteiger partial charge in [-0.2, -0.15) is 0 Å². The maximum absolute atomic E-state index is 12.3. The van der Waals surface area contributed by atoms with Crippen LogP contribution in [-0.4, -0.2) is 35.1 Å². The average Bonchev–Trinajstić information content (AvgIpc) is 3.05. The van der Waals surface area contributed by atoms with Crippen LogP contribution < -0.4 is 4.90 Å². The van der Waals surface area contributed by atoms with E-state index in [-0.39, 0.29) is 18.7 Å². The maximum atomic E-state index is 12.3. The molecule has 28 heavy (non-hydrogen) atoms. The highest BCUT2D eigenvalue weighted by atomic mass is 16.5. The molecule has 1 amide bonds. The summed E-state index contributed by atoms with van der Waals surface area (Å²) >= 11 is 0. The van der Waals surface area contributed by atoms with Crippen molar-refractivity contribution in [2.45, 2.75) is 38.8 Å². The summed E-state index contributed by atoms with van der Waals surface area (Å²) in [5, 5.41) is 0. The van der Waals surface area contributed by atoms with Gasteiger partial charge in [-0.05, 0) is 37.5 Å². The molecule has 6 nitrogen and oxygen atoms in total. The molecule has 6 heteroatoms. The largest absolute Gasteiger partial charge is 0.452 e. The highest BCUT2D eigenvalue weighted by Crippen LogP contribution is 2.36. The van der Waals surface area contributed by atoms with Crippen LogP contribution in [-0.2, 0) is 28.9 Å². The lowest BCUT2D eigenvalue weighted by Gasteiger charge is -2.34. The molecule has 1 aliphatic heterocycles. The highest BCUT2D eigenvalue weighted by Gasteiger charge is 2.31. The van der Waals surface area contributed by atoms with Gasteiger partial charge in [0.25, 0.3) is 0 Å². The Kier molecular flexibility index (Phi) is 4.86. The Morgan fingerprint density at radius 2 is 2.04 bits per heavy atom. The van der Waals surface area contributed by atoms with Crippen molar-refractivity contribution in [3.05, 3.63) is 59.4 Å². The fourth-order valence-corrected chi connectivity index (χ4v) is 4.04. The van der Waals surface area contributed by atoms with Crippen molar-refractivity contribution < 1.29 is 14.3 Å². The third kappa shape index (κ3) is 3.05. The normalized spacial score (nSPS) is 16.1. The predicted octanol–water partition coefficient (Wildman–Crippen LogP) is 3.73. The van der Waals surface area contributed by atoms with Crippen LogP contribution in [0.3, 0.4) is 0 Å². The third-order valence-corrected chi connectivity index (χ3v) is 5.43. The molecule has 1 aliphatic rings. The zero-order chi connectivity index (χ0) is 19.7. The van der Waals surface area contributed by atoms with Gasteiger partial charge in [0.15, 0.2) is 0 Å². The molecule has 0 fully saturated rings. The van der Waals surface area contributed by atoms with Crippen LogP contribution in [0.5, 0.6) is 0 Å². The van der Waals surface area contributed by atoms with Crippen molar-refractivity contribution in [3.8, 4) is 0 Å². The minimum atomic E-state index is -0.357. The molecule has 3 aromatic rings. The summed E-state index contributed by atoms with van der Waals surface area (Å²) in [5.74, 6) is 0.852. The topological polar surface area (TPSA) is 64.4 Å². The van der Waals surface area contributed by atoms with Crippen molar-refractivity contribution in [2.75, 3.05) is 12.0 Å². The van der Waals surface area contributed by atoms with E-state index in [0.29, 0.717) is 6.42 Å². The van der Waals surface area contributed by atoms with Gasteiger partial charge in [0, 0.05) is 18.0 Å². The van der Waals surface area contributed by atoms with Gasteiger partial charge in [0.05, 0.1) is 30.4 Å². The molecule has 2 aromatic carbocycles. The number of aromatic nitrogens is 2. The van der Waals surface area contributed by atoms with Gasteiger partial charge < -0.3 is 14.1 Å². The van der Waals surface area contributed by atoms with E-state index in [4.69, 9.17) is 9.72 Å². The number of rotatable bonds is 4. The highest BCUT2D eigenvalue weighted by molar-refractivity contribution is 5.95. The number of nitrogens with zero attached hydrogens (tertiary/aromatic N) is 3. The lowest BCUT2D eigenvalue weighted by molar-refractivity contribution is -0.108. The van der Waals surface area contributed by atoms with Crippen molar-refractivity contribution in [1.29, 1.82) is 0 Å². The molecule has 0 spiro atoms. The van der Waals surface area contributed by atoms with Crippen LogP contribution in [0.4, 0.5) is 10.5 Å². The molecule has 4 rings (SSSR count). The van der Waals surface area contributed by atoms with Crippen LogP contribution in [0.2, 0.25) is 0 Å². The van der Waals surface area contributed by atoms with E-state index in [0.717, 1.165) is 52.8 Å². The summed E-state index contributed by atoms with van der Waals surface area (Å²) in [7, 11) is 1.40. The van der Waals surface area contributed by atoms with Crippen molar-refractivity contribution in [1.82, 2.24) is 9.55 Å². The molecule has 1 aromatic heterocycles. The van der Waals surface area contributed by atoms with Gasteiger partial charge in [-0.3, -0.25) is 4.90 Å². The smallest absolute Gasteiger partial charge is 0.414 e. The number of methoxy groups -OCH3 is 1. The number of carbonyl (C=O) groups is 2. The first kappa shape index (κ1) is 18.2. The molecule has 0 N–H and O–H groups in total. The summed E-state index contributed by atoms with van der Waals surface area (Å²) in [4.78, 5) is 30.3. The molecule has 1 atom stereocenters. The molecule has 0 unspecified atom stereocenters. The van der Waals surface area contributed by atoms with Gasteiger partial charge in [-0.1, -0.05) is 30.3 Å². The van der Waals surface area contributed by atoms with Crippen LogP contribution in [0.1, 0.15) is 30.3 Å². The quantitative estimate of drug-likeness (QED) is 0.650. The number of imidazole rings is 1. The molecule has 144 valence electrons. The Hall–Kier alpha value is -3.15. The average molecular weight is 377 g/mol. The molecule has 0 saturated heterocycles. The Morgan fingerprint density at radius 3 is 2.75 bits per heavy atom. The molecule has 0 aliphatic carbocycles. The monoisotopic (exact) mass is 377 g/mol. The first-order valence-corrected chi connectivity index (χ1v) is 9.49. The maximum Gasteiger partial charge on any atom is 0.414 e. The van der Waals surface area contributed by atoms with Crippen molar-refractivity contribution in [2.24, 2.45) is 0 Å². The summed E-state index contributed by atoms with van der Waals surface area (Å²) in [6, 6.07) is 14.1. The first-order chi connectivity index (χ1) is 13.6. The second-order valence-electron chi connectivity index (χ2n) is 7.13. The van der Waals surface area contributed by atoms with E-state index >= 15 is 0 Å². The number of hydrogen-bond donors (Lipinski definition) is 0. The number of carbonyl (C=O) groups excluding carboxylic acids is 2. The first-order valence-electron chi connectivity index (χ1n) is 9.49. The Morgan fingerprint density at radius 1 is 1.25 bits per heavy atom. The molecule has 0 saturated carbocycles. The zero-order valence-corrected chi connectivity index (χ0v) is 16.1. The van der Waals surface area contributed by atoms with E-state index in [1.54, 1.807) is 4.90 Å². The molecular weight excluding hydrogens is 354 g/mol. The third-order valence-electron chi connectivity index (χ3n) is 5.43. The van der Waals surface area contributed by atoms with Crippen molar-refractivity contribution >= 4 is 29.1 Å². The van der Waals surface area contributed by atoms with Crippen LogP contribution in [0.25, 0.3) is 11.0 Å². The summed E-state index contributed by atoms with van der Waals surface area (Å²) in [5.41, 5.74) is 4.82. The standard InChI is InChI=1S/C22H23N3O3/c1-15-8-9-17-18(25(15)22(27)28-2)10-11-19-21(17)23-20(24(19)12-13-26)14-16-6-4-3-5-7-16/h3-7,10-11,13,15H,8-9,12,14H2,1-2H3/t15-/m0/s1. The Labute approximate surface area is 163 Å². The fraction of sp³-hybridized carbons (Fsp3) is 0.318. The van der Waals surface area contributed by atoms with Crippen LogP contribution >= 0.6 is 0 Å². The Balaban J connectivity index is 1.86. The summed E-state index contributed by atoms with van der Waals surface area (Å²) in [6.45, 7) is 2.28. The minimum absolute atomic E-state index is 0.0678. The lowest BCUT2D eigenvalue weighted by atomic mass is 9.96. The number of amides is 1. The second-order valence-corrected chi connectivity index (χ2v) is 7.13. The SMILES string of the molecule is COC(=O)N1c2ccc3c(nc(Cc4ccccc4)n3CC=O)c2CC[C@@H]1C. The second kappa shape index (κ2) is 7.46. The number of aryl methyl sites for hydroxylation is 1. The van der Waals surface area contributed by atoms with E-state index in [1.807, 2.05) is 41.8 Å². The van der Waals surface area contributed by atoms with Gasteiger partial charge in [-0.25, -0.2) is 9.78 Å². The van der Waals surface area contributed by atoms with Gasteiger partial charge >= 0.3 is 6.09 Å². The number of anilines is 1. The summed E-state index contributed by atoms with van der Waals surface area (Å²) in [6.07, 6.45) is 2.87. The van der Waals surface area contributed by atoms with Gasteiger partial charge in [0.2, 0.25) is 0 Å². The number of hydrogen-bond acceptors (Lipinski definition) is 4. The number of aldehydes is 1. The fourth-order valence-electron chi connectivity index (χ4n) is 4.04. The minimum Gasteiger partial charge on any atom is -0.452 e. The molecule has 2 heterocycles. The number of benzene rings is 2. The molecule has 0 radical (unpaired) electrons. The van der Waals surface area contributed by atoms with Crippen LogP contribution in [0, 0.1) is 0 Å². The lowest BCUT2D eigenvalue weighted by Crippen LogP contribution is -2.42. The van der Waals surface area contributed by atoms with E-state index in [9.17, 15) is 9.59 Å². The predicted molar refractivity (Wildman–Crippen MR) is 108 cm³/mol. The Bertz CT molecular complexity index is 1030. The van der Waals surface area contributed by atoms with Gasteiger partial charge in [0.1, 0.15) is 12.1 Å². The van der Waals surface area contributed by atoms with Crippen LogP contribution in [0.15, 0.2) is 42.5 Å². The van der Waals surface area contributed by atoms with Crippen molar-refractivity contribution in [3.63, 3.8) is 0 Å². The van der Waals surface area contributed by atoms with E-state index in [1.165, 1.54) is 7.11 Å². The van der Waals surface area contributed by atoms with E-state index in [2.05, 4.69) is 12.1 Å². The van der Waals surface area contributed by atoms with E-state index < -0.39 is 0 Å². The summed E-state index contributed by atoms with van der Waals surface area (Å²) < 4.78 is 6.96.